The molecule has 0 radical (unpaired) electrons. The van der Waals surface area contributed by atoms with Gasteiger partial charge < -0.3 is 0 Å². The molecule has 0 fully saturated rings. The smallest absolute Gasteiger partial charge is 0.00105 e. The van der Waals surface area contributed by atoms with Crippen molar-refractivity contribution >= 4 is 5.57 Å². The second kappa shape index (κ2) is 3.79. The first-order chi connectivity index (χ1) is 7.22. The van der Waals surface area contributed by atoms with Gasteiger partial charge in [-0.2, -0.15) is 0 Å². The second-order valence-corrected chi connectivity index (χ2v) is 3.96. The summed E-state index contributed by atoms with van der Waals surface area (Å²) in [7, 11) is 0. The van der Waals surface area contributed by atoms with E-state index in [-0.39, 0.29) is 0 Å². The molecule has 0 amide bonds. The normalized spacial score (nSPS) is 15.1. The minimum atomic E-state index is 0.997. The number of fused-ring (bicyclic) bond motifs is 1. The second-order valence-electron chi connectivity index (χ2n) is 3.96. The quantitative estimate of drug-likeness (QED) is 0.599. The number of benzene rings is 1. The largest absolute Gasteiger partial charge is 0.115 e. The van der Waals surface area contributed by atoms with E-state index in [0.29, 0.717) is 0 Å². The molecule has 0 aromatic heterocycles. The standard InChI is InChI=1S/C15H14/c1-4-11(2)9-14-10-13-7-5-6-8-15(13)12(14)3/h1,5-9H,10H2,2-3H3/b11-9+. The number of hydrogen-bond acceptors (Lipinski definition) is 0. The summed E-state index contributed by atoms with van der Waals surface area (Å²) in [5, 5.41) is 0. The summed E-state index contributed by atoms with van der Waals surface area (Å²) < 4.78 is 0. The molecule has 15 heavy (non-hydrogen) atoms. The van der Waals surface area contributed by atoms with Gasteiger partial charge in [-0.1, -0.05) is 30.2 Å². The van der Waals surface area contributed by atoms with Crippen molar-refractivity contribution in [3.05, 3.63) is 52.6 Å². The van der Waals surface area contributed by atoms with Crippen LogP contribution < -0.4 is 0 Å². The predicted molar refractivity (Wildman–Crippen MR) is 65.3 cm³/mol. The van der Waals surface area contributed by atoms with Crippen molar-refractivity contribution in [2.24, 2.45) is 0 Å². The average molecular weight is 194 g/mol. The lowest BCUT2D eigenvalue weighted by Crippen LogP contribution is -1.82. The third kappa shape index (κ3) is 1.74. The molecule has 74 valence electrons. The molecule has 0 nitrogen and oxygen atoms in total. The maximum atomic E-state index is 5.36. The molecule has 1 aromatic rings. The Morgan fingerprint density at radius 2 is 2.13 bits per heavy atom. The Hall–Kier alpha value is -1.74. The molecular weight excluding hydrogens is 180 g/mol. The number of rotatable bonds is 1. The van der Waals surface area contributed by atoms with E-state index in [2.05, 4.69) is 43.2 Å². The summed E-state index contributed by atoms with van der Waals surface area (Å²) in [6.45, 7) is 4.14. The van der Waals surface area contributed by atoms with Crippen LogP contribution in [0, 0.1) is 12.3 Å². The highest BCUT2D eigenvalue weighted by Crippen LogP contribution is 2.33. The maximum absolute atomic E-state index is 5.36. The molecule has 0 N–H and O–H groups in total. The number of terminal acetylenes is 1. The van der Waals surface area contributed by atoms with E-state index in [1.54, 1.807) is 0 Å². The van der Waals surface area contributed by atoms with Gasteiger partial charge in [-0.25, -0.2) is 0 Å². The van der Waals surface area contributed by atoms with E-state index in [1.807, 2.05) is 6.92 Å². The van der Waals surface area contributed by atoms with Crippen LogP contribution in [0.15, 0.2) is 41.5 Å². The Bertz CT molecular complexity index is 493. The lowest BCUT2D eigenvalue weighted by atomic mass is 10.1. The number of allylic oxidation sites excluding steroid dienone is 4. The van der Waals surface area contributed by atoms with Crippen molar-refractivity contribution in [1.29, 1.82) is 0 Å². The van der Waals surface area contributed by atoms with Crippen molar-refractivity contribution in [3.63, 3.8) is 0 Å². The molecule has 0 spiro atoms. The zero-order valence-corrected chi connectivity index (χ0v) is 9.17. The van der Waals surface area contributed by atoms with Gasteiger partial charge in [-0.05, 0) is 54.2 Å². The van der Waals surface area contributed by atoms with Crippen LogP contribution in [0.2, 0.25) is 0 Å². The molecule has 0 heteroatoms. The van der Waals surface area contributed by atoms with Gasteiger partial charge in [0.1, 0.15) is 0 Å². The van der Waals surface area contributed by atoms with E-state index in [1.165, 1.54) is 22.3 Å². The van der Waals surface area contributed by atoms with Crippen molar-refractivity contribution < 1.29 is 0 Å². The molecule has 1 aliphatic carbocycles. The Morgan fingerprint density at radius 1 is 1.40 bits per heavy atom. The average Bonchev–Trinajstić information content (AvgIpc) is 2.57. The van der Waals surface area contributed by atoms with Crippen LogP contribution >= 0.6 is 0 Å². The van der Waals surface area contributed by atoms with Crippen molar-refractivity contribution in [1.82, 2.24) is 0 Å². The third-order valence-corrected chi connectivity index (χ3v) is 2.90. The number of hydrogen-bond donors (Lipinski definition) is 0. The summed E-state index contributed by atoms with van der Waals surface area (Å²) in [6, 6.07) is 8.54. The summed E-state index contributed by atoms with van der Waals surface area (Å²) in [4.78, 5) is 0. The van der Waals surface area contributed by atoms with Gasteiger partial charge in [0.15, 0.2) is 0 Å². The Labute approximate surface area is 91.3 Å². The highest BCUT2D eigenvalue weighted by Gasteiger charge is 2.15. The molecule has 0 bridgehead atoms. The fraction of sp³-hybridized carbons (Fsp3) is 0.200. The van der Waals surface area contributed by atoms with Gasteiger partial charge >= 0.3 is 0 Å². The van der Waals surface area contributed by atoms with Crippen molar-refractivity contribution in [2.75, 3.05) is 0 Å². The van der Waals surface area contributed by atoms with E-state index in [0.717, 1.165) is 12.0 Å². The predicted octanol–water partition coefficient (Wildman–Crippen LogP) is 3.60. The monoisotopic (exact) mass is 194 g/mol. The van der Waals surface area contributed by atoms with Crippen LogP contribution in [0.3, 0.4) is 0 Å². The third-order valence-electron chi connectivity index (χ3n) is 2.90. The van der Waals surface area contributed by atoms with Gasteiger partial charge in [0.25, 0.3) is 0 Å². The van der Waals surface area contributed by atoms with Gasteiger partial charge in [-0.15, -0.1) is 6.42 Å². The van der Waals surface area contributed by atoms with Crippen molar-refractivity contribution in [3.8, 4) is 12.3 Å². The minimum Gasteiger partial charge on any atom is -0.115 e. The van der Waals surface area contributed by atoms with Crippen LogP contribution in [-0.4, -0.2) is 0 Å². The molecular formula is C15H14. The highest BCUT2D eigenvalue weighted by molar-refractivity contribution is 5.77. The molecule has 0 heterocycles. The van der Waals surface area contributed by atoms with E-state index < -0.39 is 0 Å². The van der Waals surface area contributed by atoms with E-state index >= 15 is 0 Å². The van der Waals surface area contributed by atoms with Gasteiger partial charge in [0.2, 0.25) is 0 Å². The maximum Gasteiger partial charge on any atom is -0.00105 e. The molecule has 1 aromatic carbocycles. The Morgan fingerprint density at radius 3 is 2.80 bits per heavy atom. The van der Waals surface area contributed by atoms with Crippen LogP contribution in [0.25, 0.3) is 5.57 Å². The van der Waals surface area contributed by atoms with Gasteiger partial charge in [-0.3, -0.25) is 0 Å². The Balaban J connectivity index is 2.43. The van der Waals surface area contributed by atoms with Gasteiger partial charge in [0.05, 0.1) is 0 Å². The summed E-state index contributed by atoms with van der Waals surface area (Å²) >= 11 is 0. The minimum absolute atomic E-state index is 0.997. The first-order valence-corrected chi connectivity index (χ1v) is 5.15. The first-order valence-electron chi connectivity index (χ1n) is 5.15. The van der Waals surface area contributed by atoms with Crippen molar-refractivity contribution in [2.45, 2.75) is 20.3 Å². The summed E-state index contributed by atoms with van der Waals surface area (Å²) in [6.07, 6.45) is 8.50. The topological polar surface area (TPSA) is 0 Å². The molecule has 2 rings (SSSR count). The summed E-state index contributed by atoms with van der Waals surface area (Å²) in [5.41, 5.74) is 6.49. The zero-order valence-electron chi connectivity index (χ0n) is 9.17. The Kier molecular flexibility index (Phi) is 2.47. The fourth-order valence-electron chi connectivity index (χ4n) is 2.01. The first kappa shape index (κ1) is 9.80. The summed E-state index contributed by atoms with van der Waals surface area (Å²) in [5.74, 6) is 2.67. The molecule has 0 saturated carbocycles. The van der Waals surface area contributed by atoms with E-state index in [4.69, 9.17) is 6.42 Å². The van der Waals surface area contributed by atoms with Gasteiger partial charge in [0, 0.05) is 0 Å². The molecule has 1 aliphatic rings. The zero-order chi connectivity index (χ0) is 10.8. The van der Waals surface area contributed by atoms with Crippen LogP contribution in [0.4, 0.5) is 0 Å². The molecule has 0 atom stereocenters. The molecule has 0 saturated heterocycles. The van der Waals surface area contributed by atoms with Crippen LogP contribution in [0.5, 0.6) is 0 Å². The lowest BCUT2D eigenvalue weighted by molar-refractivity contribution is 1.24. The molecule has 0 aliphatic heterocycles. The highest BCUT2D eigenvalue weighted by atomic mass is 14.2. The lowest BCUT2D eigenvalue weighted by Gasteiger charge is -1.98. The van der Waals surface area contributed by atoms with Crippen LogP contribution in [0.1, 0.15) is 25.0 Å². The SMILES string of the molecule is C#C/C(C)=C/C1=C(C)c2ccccc2C1. The van der Waals surface area contributed by atoms with Crippen LogP contribution in [-0.2, 0) is 6.42 Å². The molecule has 0 unspecified atom stereocenters. The van der Waals surface area contributed by atoms with E-state index in [9.17, 15) is 0 Å². The fourth-order valence-corrected chi connectivity index (χ4v) is 2.01.